The Morgan fingerprint density at radius 1 is 1.44 bits per heavy atom. The van der Waals surface area contributed by atoms with E-state index in [1.807, 2.05) is 6.07 Å². The summed E-state index contributed by atoms with van der Waals surface area (Å²) in [7, 11) is 1.60. The molecule has 1 aromatic heterocycles. The van der Waals surface area contributed by atoms with E-state index in [-0.39, 0.29) is 6.04 Å². The van der Waals surface area contributed by atoms with Crippen molar-refractivity contribution in [3.8, 4) is 5.88 Å². The van der Waals surface area contributed by atoms with Gasteiger partial charge in [-0.15, -0.1) is 0 Å². The molecule has 1 aromatic rings. The molecule has 0 aromatic carbocycles. The minimum absolute atomic E-state index is 0.152. The van der Waals surface area contributed by atoms with E-state index in [4.69, 9.17) is 10.5 Å². The number of aromatic nitrogens is 2. The molecule has 90 valence electrons. The molecule has 2 unspecified atom stereocenters. The third-order valence-corrected chi connectivity index (χ3v) is 2.83. The maximum absolute atomic E-state index is 6.13. The summed E-state index contributed by atoms with van der Waals surface area (Å²) in [5.74, 6) is 1.12. The van der Waals surface area contributed by atoms with Crippen molar-refractivity contribution in [3.63, 3.8) is 0 Å². The van der Waals surface area contributed by atoms with E-state index in [0.717, 1.165) is 18.5 Å². The molecule has 0 aliphatic heterocycles. The molecule has 0 aliphatic rings. The molecule has 0 radical (unpaired) electrons. The van der Waals surface area contributed by atoms with Gasteiger partial charge in [0, 0.05) is 24.2 Å². The van der Waals surface area contributed by atoms with Gasteiger partial charge in [-0.2, -0.15) is 0 Å². The molecule has 4 heteroatoms. The zero-order valence-corrected chi connectivity index (χ0v) is 10.3. The lowest BCUT2D eigenvalue weighted by atomic mass is 9.94. The van der Waals surface area contributed by atoms with Crippen LogP contribution in [0.4, 0.5) is 0 Å². The van der Waals surface area contributed by atoms with Crippen LogP contribution in [0.15, 0.2) is 12.4 Å². The van der Waals surface area contributed by atoms with Gasteiger partial charge in [-0.3, -0.25) is 0 Å². The second kappa shape index (κ2) is 6.43. The second-order valence-electron chi connectivity index (χ2n) is 4.19. The van der Waals surface area contributed by atoms with Crippen molar-refractivity contribution >= 4 is 0 Å². The Morgan fingerprint density at radius 2 is 2.19 bits per heavy atom. The summed E-state index contributed by atoms with van der Waals surface area (Å²) < 4.78 is 5.05. The summed E-state index contributed by atoms with van der Waals surface area (Å²) in [6.07, 6.45) is 4.62. The SMILES string of the molecule is CCCC(C)C(N)Cc1cc(OC)ncn1. The molecule has 1 rings (SSSR count). The Hall–Kier alpha value is -1.16. The molecule has 2 N–H and O–H groups in total. The first-order valence-electron chi connectivity index (χ1n) is 5.77. The molecule has 0 saturated carbocycles. The van der Waals surface area contributed by atoms with Crippen molar-refractivity contribution in [3.05, 3.63) is 18.1 Å². The number of hydrogen-bond acceptors (Lipinski definition) is 4. The Kier molecular flexibility index (Phi) is 5.19. The Bertz CT molecular complexity index is 317. The van der Waals surface area contributed by atoms with Crippen molar-refractivity contribution in [1.29, 1.82) is 0 Å². The summed E-state index contributed by atoms with van der Waals surface area (Å²) in [6.45, 7) is 4.36. The number of ether oxygens (including phenoxy) is 1. The Morgan fingerprint density at radius 3 is 2.81 bits per heavy atom. The van der Waals surface area contributed by atoms with Crippen molar-refractivity contribution in [2.45, 2.75) is 39.2 Å². The van der Waals surface area contributed by atoms with E-state index in [9.17, 15) is 0 Å². The molecule has 16 heavy (non-hydrogen) atoms. The van der Waals surface area contributed by atoms with Crippen LogP contribution < -0.4 is 10.5 Å². The molecular formula is C12H21N3O. The van der Waals surface area contributed by atoms with Gasteiger partial charge in [0.05, 0.1) is 7.11 Å². The number of rotatable bonds is 6. The van der Waals surface area contributed by atoms with Crippen molar-refractivity contribution in [2.75, 3.05) is 7.11 Å². The van der Waals surface area contributed by atoms with E-state index >= 15 is 0 Å². The van der Waals surface area contributed by atoms with Gasteiger partial charge in [0.25, 0.3) is 0 Å². The summed E-state index contributed by atoms with van der Waals surface area (Å²) in [4.78, 5) is 8.17. The summed E-state index contributed by atoms with van der Waals surface area (Å²) in [5, 5.41) is 0. The predicted molar refractivity (Wildman–Crippen MR) is 64.3 cm³/mol. The number of nitrogens with zero attached hydrogens (tertiary/aromatic N) is 2. The fourth-order valence-electron chi connectivity index (χ4n) is 1.71. The topological polar surface area (TPSA) is 61.0 Å². The van der Waals surface area contributed by atoms with E-state index < -0.39 is 0 Å². The highest BCUT2D eigenvalue weighted by Crippen LogP contribution is 2.14. The Balaban J connectivity index is 2.58. The van der Waals surface area contributed by atoms with Crippen molar-refractivity contribution in [1.82, 2.24) is 9.97 Å². The van der Waals surface area contributed by atoms with Crippen LogP contribution in [-0.2, 0) is 6.42 Å². The smallest absolute Gasteiger partial charge is 0.216 e. The van der Waals surface area contributed by atoms with E-state index in [1.54, 1.807) is 7.11 Å². The van der Waals surface area contributed by atoms with Crippen LogP contribution in [0.2, 0.25) is 0 Å². The lowest BCUT2D eigenvalue weighted by molar-refractivity contribution is 0.392. The highest BCUT2D eigenvalue weighted by molar-refractivity contribution is 5.14. The molecule has 0 bridgehead atoms. The van der Waals surface area contributed by atoms with Crippen LogP contribution >= 0.6 is 0 Å². The van der Waals surface area contributed by atoms with Gasteiger partial charge < -0.3 is 10.5 Å². The number of nitrogens with two attached hydrogens (primary N) is 1. The van der Waals surface area contributed by atoms with Gasteiger partial charge in [0.15, 0.2) is 0 Å². The summed E-state index contributed by atoms with van der Waals surface area (Å²) >= 11 is 0. The van der Waals surface area contributed by atoms with Crippen LogP contribution in [0.3, 0.4) is 0 Å². The Labute approximate surface area is 97.2 Å². The van der Waals surface area contributed by atoms with Crippen molar-refractivity contribution < 1.29 is 4.74 Å². The predicted octanol–water partition coefficient (Wildman–Crippen LogP) is 1.79. The van der Waals surface area contributed by atoms with Gasteiger partial charge in [0.2, 0.25) is 5.88 Å². The minimum atomic E-state index is 0.152. The first-order valence-corrected chi connectivity index (χ1v) is 5.77. The number of methoxy groups -OCH3 is 1. The first kappa shape index (κ1) is 12.9. The highest BCUT2D eigenvalue weighted by Gasteiger charge is 2.13. The van der Waals surface area contributed by atoms with Gasteiger partial charge >= 0.3 is 0 Å². The molecule has 2 atom stereocenters. The first-order chi connectivity index (χ1) is 7.67. The second-order valence-corrected chi connectivity index (χ2v) is 4.19. The monoisotopic (exact) mass is 223 g/mol. The van der Waals surface area contributed by atoms with Crippen LogP contribution in [-0.4, -0.2) is 23.1 Å². The fraction of sp³-hybridized carbons (Fsp3) is 0.667. The van der Waals surface area contributed by atoms with Gasteiger partial charge in [-0.1, -0.05) is 20.3 Å². The quantitative estimate of drug-likeness (QED) is 0.798. The molecule has 0 aliphatic carbocycles. The summed E-state index contributed by atoms with van der Waals surface area (Å²) in [6, 6.07) is 2.00. The van der Waals surface area contributed by atoms with E-state index in [0.29, 0.717) is 11.8 Å². The largest absolute Gasteiger partial charge is 0.481 e. The molecule has 0 fully saturated rings. The molecule has 4 nitrogen and oxygen atoms in total. The van der Waals surface area contributed by atoms with Crippen LogP contribution in [0.1, 0.15) is 32.4 Å². The lowest BCUT2D eigenvalue weighted by Crippen LogP contribution is -2.30. The standard InChI is InChI=1S/C12H21N3O/c1-4-5-9(2)11(13)6-10-7-12(16-3)15-8-14-10/h7-9,11H,4-6,13H2,1-3H3. The number of hydrogen-bond donors (Lipinski definition) is 1. The van der Waals surface area contributed by atoms with E-state index in [1.165, 1.54) is 12.7 Å². The van der Waals surface area contributed by atoms with Crippen molar-refractivity contribution in [2.24, 2.45) is 11.7 Å². The summed E-state index contributed by atoms with van der Waals surface area (Å²) in [5.41, 5.74) is 7.07. The normalized spacial score (nSPS) is 14.5. The van der Waals surface area contributed by atoms with Gasteiger partial charge in [-0.25, -0.2) is 9.97 Å². The molecule has 1 heterocycles. The average molecular weight is 223 g/mol. The zero-order chi connectivity index (χ0) is 12.0. The zero-order valence-electron chi connectivity index (χ0n) is 10.3. The fourth-order valence-corrected chi connectivity index (χ4v) is 1.71. The van der Waals surface area contributed by atoms with Gasteiger partial charge in [0.1, 0.15) is 6.33 Å². The lowest BCUT2D eigenvalue weighted by Gasteiger charge is -2.18. The average Bonchev–Trinajstić information content (AvgIpc) is 2.29. The van der Waals surface area contributed by atoms with Crippen LogP contribution in [0.25, 0.3) is 0 Å². The molecule has 0 saturated heterocycles. The molecule has 0 amide bonds. The maximum atomic E-state index is 6.13. The van der Waals surface area contributed by atoms with E-state index in [2.05, 4.69) is 23.8 Å². The highest BCUT2D eigenvalue weighted by atomic mass is 16.5. The van der Waals surface area contributed by atoms with Crippen LogP contribution in [0.5, 0.6) is 5.88 Å². The third-order valence-electron chi connectivity index (χ3n) is 2.83. The molecule has 0 spiro atoms. The third kappa shape index (κ3) is 3.77. The van der Waals surface area contributed by atoms with Gasteiger partial charge in [-0.05, 0) is 12.3 Å². The van der Waals surface area contributed by atoms with Crippen LogP contribution in [0, 0.1) is 5.92 Å². The maximum Gasteiger partial charge on any atom is 0.216 e. The molecular weight excluding hydrogens is 202 g/mol. The minimum Gasteiger partial charge on any atom is -0.481 e.